The van der Waals surface area contributed by atoms with Gasteiger partial charge in [0, 0.05) is 25.9 Å². The minimum absolute atomic E-state index is 0.0562. The van der Waals surface area contributed by atoms with E-state index in [0.717, 1.165) is 17.7 Å². The third kappa shape index (κ3) is 3.84. The molecule has 94 valence electrons. The molecule has 0 aliphatic heterocycles. The molecule has 0 fully saturated rings. The van der Waals surface area contributed by atoms with Gasteiger partial charge in [-0.1, -0.05) is 25.1 Å². The van der Waals surface area contributed by atoms with Gasteiger partial charge < -0.3 is 15.4 Å². The summed E-state index contributed by atoms with van der Waals surface area (Å²) in [5.41, 5.74) is 7.45. The van der Waals surface area contributed by atoms with Crippen LogP contribution in [0.25, 0.3) is 0 Å². The summed E-state index contributed by atoms with van der Waals surface area (Å²) in [6, 6.07) is 7.62. The standard InChI is InChI=1S/C13H20N2O2/c1-3-8-17-10-13(16)15(2)12-7-5-4-6-11(12)9-14/h4-7H,3,8-10,14H2,1-2H3. The third-order valence-corrected chi connectivity index (χ3v) is 2.52. The van der Waals surface area contributed by atoms with Gasteiger partial charge in [0.05, 0.1) is 0 Å². The summed E-state index contributed by atoms with van der Waals surface area (Å²) in [5.74, 6) is -0.0562. The van der Waals surface area contributed by atoms with Crippen LogP contribution in [0.15, 0.2) is 24.3 Å². The van der Waals surface area contributed by atoms with Gasteiger partial charge >= 0.3 is 0 Å². The van der Waals surface area contributed by atoms with Crippen molar-refractivity contribution in [3.05, 3.63) is 29.8 Å². The number of benzene rings is 1. The highest BCUT2D eigenvalue weighted by Crippen LogP contribution is 2.18. The largest absolute Gasteiger partial charge is 0.372 e. The van der Waals surface area contributed by atoms with E-state index < -0.39 is 0 Å². The van der Waals surface area contributed by atoms with Crippen LogP contribution in [0.5, 0.6) is 0 Å². The number of nitrogens with two attached hydrogens (primary N) is 1. The van der Waals surface area contributed by atoms with Crippen LogP contribution >= 0.6 is 0 Å². The molecular weight excluding hydrogens is 216 g/mol. The number of hydrogen-bond donors (Lipinski definition) is 1. The van der Waals surface area contributed by atoms with E-state index in [0.29, 0.717) is 13.2 Å². The summed E-state index contributed by atoms with van der Waals surface area (Å²) in [4.78, 5) is 13.4. The molecule has 1 amide bonds. The van der Waals surface area contributed by atoms with Crippen LogP contribution in [0, 0.1) is 0 Å². The molecule has 0 aliphatic rings. The fourth-order valence-electron chi connectivity index (χ4n) is 1.55. The molecule has 2 N–H and O–H groups in total. The number of anilines is 1. The van der Waals surface area contributed by atoms with Crippen molar-refractivity contribution in [3.63, 3.8) is 0 Å². The highest BCUT2D eigenvalue weighted by atomic mass is 16.5. The number of nitrogens with zero attached hydrogens (tertiary/aromatic N) is 1. The molecular formula is C13H20N2O2. The Bertz CT molecular complexity index is 366. The van der Waals surface area contributed by atoms with Crippen LogP contribution in [0.1, 0.15) is 18.9 Å². The van der Waals surface area contributed by atoms with Gasteiger partial charge in [-0.3, -0.25) is 4.79 Å². The second-order valence-corrected chi connectivity index (χ2v) is 3.84. The second-order valence-electron chi connectivity index (χ2n) is 3.84. The zero-order chi connectivity index (χ0) is 12.7. The van der Waals surface area contributed by atoms with Gasteiger partial charge in [-0.2, -0.15) is 0 Å². The molecule has 4 heteroatoms. The lowest BCUT2D eigenvalue weighted by Gasteiger charge is -2.20. The van der Waals surface area contributed by atoms with Crippen molar-refractivity contribution in [1.82, 2.24) is 0 Å². The molecule has 1 aromatic carbocycles. The molecule has 0 spiro atoms. The van der Waals surface area contributed by atoms with Crippen molar-refractivity contribution in [1.29, 1.82) is 0 Å². The van der Waals surface area contributed by atoms with Crippen LogP contribution in [0.4, 0.5) is 5.69 Å². The van der Waals surface area contributed by atoms with Crippen molar-refractivity contribution in [2.24, 2.45) is 5.73 Å². The SMILES string of the molecule is CCCOCC(=O)N(C)c1ccccc1CN. The van der Waals surface area contributed by atoms with Crippen molar-refractivity contribution in [2.75, 3.05) is 25.2 Å². The lowest BCUT2D eigenvalue weighted by atomic mass is 10.1. The smallest absolute Gasteiger partial charge is 0.252 e. The Morgan fingerprint density at radius 2 is 2.12 bits per heavy atom. The molecule has 0 atom stereocenters. The highest BCUT2D eigenvalue weighted by Gasteiger charge is 2.13. The van der Waals surface area contributed by atoms with E-state index in [-0.39, 0.29) is 12.5 Å². The number of carbonyl (C=O) groups is 1. The van der Waals surface area contributed by atoms with E-state index in [9.17, 15) is 4.79 Å². The first-order chi connectivity index (χ1) is 8.20. The molecule has 0 unspecified atom stereocenters. The van der Waals surface area contributed by atoms with Crippen molar-refractivity contribution in [3.8, 4) is 0 Å². The van der Waals surface area contributed by atoms with Crippen LogP contribution in [0.2, 0.25) is 0 Å². The zero-order valence-corrected chi connectivity index (χ0v) is 10.5. The number of para-hydroxylation sites is 1. The maximum atomic E-state index is 11.8. The molecule has 0 heterocycles. The van der Waals surface area contributed by atoms with E-state index in [1.54, 1.807) is 11.9 Å². The normalized spacial score (nSPS) is 10.3. The quantitative estimate of drug-likeness (QED) is 0.762. The summed E-state index contributed by atoms with van der Waals surface area (Å²) in [7, 11) is 1.74. The number of likely N-dealkylation sites (N-methyl/N-ethyl adjacent to an activating group) is 1. The summed E-state index contributed by atoms with van der Waals surface area (Å²) in [6.45, 7) is 3.16. The Labute approximate surface area is 102 Å². The van der Waals surface area contributed by atoms with Gasteiger partial charge in [0.1, 0.15) is 6.61 Å². The van der Waals surface area contributed by atoms with Gasteiger partial charge in [0.15, 0.2) is 0 Å². The summed E-state index contributed by atoms with van der Waals surface area (Å²) in [6.07, 6.45) is 0.913. The molecule has 4 nitrogen and oxygen atoms in total. The predicted octanol–water partition coefficient (Wildman–Crippen LogP) is 1.53. The second kappa shape index (κ2) is 7.04. The Hall–Kier alpha value is -1.39. The number of rotatable bonds is 6. The zero-order valence-electron chi connectivity index (χ0n) is 10.5. The Balaban J connectivity index is 2.67. The van der Waals surface area contributed by atoms with E-state index in [1.807, 2.05) is 31.2 Å². The van der Waals surface area contributed by atoms with E-state index in [4.69, 9.17) is 10.5 Å². The Morgan fingerprint density at radius 3 is 2.76 bits per heavy atom. The summed E-state index contributed by atoms with van der Waals surface area (Å²) >= 11 is 0. The van der Waals surface area contributed by atoms with Gasteiger partial charge in [-0.15, -0.1) is 0 Å². The minimum Gasteiger partial charge on any atom is -0.372 e. The number of carbonyl (C=O) groups excluding carboxylic acids is 1. The Morgan fingerprint density at radius 1 is 1.41 bits per heavy atom. The predicted molar refractivity (Wildman–Crippen MR) is 68.9 cm³/mol. The van der Waals surface area contributed by atoms with Crippen LogP contribution in [0.3, 0.4) is 0 Å². The third-order valence-electron chi connectivity index (χ3n) is 2.52. The Kier molecular flexibility index (Phi) is 5.66. The van der Waals surface area contributed by atoms with Crippen LogP contribution < -0.4 is 10.6 Å². The average molecular weight is 236 g/mol. The highest BCUT2D eigenvalue weighted by molar-refractivity contribution is 5.94. The number of ether oxygens (including phenoxy) is 1. The lowest BCUT2D eigenvalue weighted by molar-refractivity contribution is -0.122. The molecule has 0 radical (unpaired) electrons. The minimum atomic E-state index is -0.0562. The van der Waals surface area contributed by atoms with Gasteiger partial charge in [0.25, 0.3) is 5.91 Å². The van der Waals surface area contributed by atoms with Crippen molar-refractivity contribution >= 4 is 11.6 Å². The first-order valence-corrected chi connectivity index (χ1v) is 5.83. The first kappa shape index (κ1) is 13.7. The number of hydrogen-bond acceptors (Lipinski definition) is 3. The maximum absolute atomic E-state index is 11.8. The molecule has 0 saturated heterocycles. The fraction of sp³-hybridized carbons (Fsp3) is 0.462. The van der Waals surface area contributed by atoms with E-state index in [1.165, 1.54) is 0 Å². The summed E-state index contributed by atoms with van der Waals surface area (Å²) < 4.78 is 5.24. The van der Waals surface area contributed by atoms with Crippen molar-refractivity contribution < 1.29 is 9.53 Å². The first-order valence-electron chi connectivity index (χ1n) is 5.83. The van der Waals surface area contributed by atoms with Gasteiger partial charge in [-0.25, -0.2) is 0 Å². The van der Waals surface area contributed by atoms with Crippen LogP contribution in [-0.4, -0.2) is 26.2 Å². The van der Waals surface area contributed by atoms with E-state index in [2.05, 4.69) is 0 Å². The molecule has 0 aliphatic carbocycles. The topological polar surface area (TPSA) is 55.6 Å². The molecule has 17 heavy (non-hydrogen) atoms. The van der Waals surface area contributed by atoms with Crippen LogP contribution in [-0.2, 0) is 16.1 Å². The monoisotopic (exact) mass is 236 g/mol. The lowest BCUT2D eigenvalue weighted by Crippen LogP contribution is -2.31. The molecule has 1 rings (SSSR count). The van der Waals surface area contributed by atoms with Crippen molar-refractivity contribution in [2.45, 2.75) is 19.9 Å². The summed E-state index contributed by atoms with van der Waals surface area (Å²) in [5, 5.41) is 0. The maximum Gasteiger partial charge on any atom is 0.252 e. The number of amides is 1. The van der Waals surface area contributed by atoms with Gasteiger partial charge in [-0.05, 0) is 18.1 Å². The molecule has 0 aromatic heterocycles. The van der Waals surface area contributed by atoms with E-state index >= 15 is 0 Å². The van der Waals surface area contributed by atoms with Gasteiger partial charge in [0.2, 0.25) is 0 Å². The molecule has 0 bridgehead atoms. The average Bonchev–Trinajstić information content (AvgIpc) is 2.38. The molecule has 0 saturated carbocycles. The molecule has 1 aromatic rings. The fourth-order valence-corrected chi connectivity index (χ4v) is 1.55.